The van der Waals surface area contributed by atoms with E-state index in [4.69, 9.17) is 4.74 Å². The number of nitrogens with one attached hydrogen (secondary N) is 2. The molecule has 27 heavy (non-hydrogen) atoms. The van der Waals surface area contributed by atoms with Crippen molar-refractivity contribution in [2.45, 2.75) is 45.8 Å². The summed E-state index contributed by atoms with van der Waals surface area (Å²) < 4.78 is 18.9. The standard InChI is InChI=1S/C19H27FN4OS.HI/c1-13(25-16-8-6-7-14(20)9-16)10-22-18(21-5)23-11-15-12-26-17(24-15)19(2,3)4;/h6-9,12-13H,10-11H2,1-5H3,(H2,21,22,23);1H. The molecule has 2 N–H and O–H groups in total. The lowest BCUT2D eigenvalue weighted by molar-refractivity contribution is 0.223. The molecule has 0 fully saturated rings. The molecule has 0 bridgehead atoms. The first-order valence-electron chi connectivity index (χ1n) is 8.59. The number of hydrogen-bond donors (Lipinski definition) is 2. The molecule has 8 heteroatoms. The van der Waals surface area contributed by atoms with Gasteiger partial charge in [0, 0.05) is 23.9 Å². The molecule has 150 valence electrons. The molecule has 1 aromatic carbocycles. The molecule has 1 aromatic heterocycles. The van der Waals surface area contributed by atoms with Crippen LogP contribution in [0.2, 0.25) is 0 Å². The number of guanidine groups is 1. The second kappa shape index (κ2) is 10.8. The van der Waals surface area contributed by atoms with Gasteiger partial charge in [0.05, 0.1) is 23.8 Å². The molecule has 5 nitrogen and oxygen atoms in total. The SMILES string of the molecule is CN=C(NCc1csc(C(C)(C)C)n1)NCC(C)Oc1cccc(F)c1.I. The number of aliphatic imine (C=N–C) groups is 1. The fraction of sp³-hybridized carbons (Fsp3) is 0.474. The average Bonchev–Trinajstić information content (AvgIpc) is 3.04. The van der Waals surface area contributed by atoms with Crippen LogP contribution in [0.4, 0.5) is 4.39 Å². The number of hydrogen-bond acceptors (Lipinski definition) is 4. The van der Waals surface area contributed by atoms with Crippen LogP contribution in [-0.2, 0) is 12.0 Å². The van der Waals surface area contributed by atoms with Gasteiger partial charge in [-0.05, 0) is 19.1 Å². The lowest BCUT2D eigenvalue weighted by atomic mass is 9.98. The third kappa shape index (κ3) is 8.00. The molecule has 1 atom stereocenters. The number of thiazole rings is 1. The smallest absolute Gasteiger partial charge is 0.191 e. The zero-order valence-corrected chi connectivity index (χ0v) is 19.5. The molecule has 2 aromatic rings. The van der Waals surface area contributed by atoms with Crippen LogP contribution in [0.3, 0.4) is 0 Å². The Morgan fingerprint density at radius 1 is 1.33 bits per heavy atom. The molecule has 0 saturated carbocycles. The monoisotopic (exact) mass is 506 g/mol. The molecular weight excluding hydrogens is 478 g/mol. The van der Waals surface area contributed by atoms with Gasteiger partial charge in [0.2, 0.25) is 0 Å². The summed E-state index contributed by atoms with van der Waals surface area (Å²) >= 11 is 1.67. The van der Waals surface area contributed by atoms with Crippen molar-refractivity contribution in [2.24, 2.45) is 4.99 Å². The van der Waals surface area contributed by atoms with Crippen LogP contribution in [0.1, 0.15) is 38.4 Å². The highest BCUT2D eigenvalue weighted by atomic mass is 127. The number of aromatic nitrogens is 1. The highest BCUT2D eigenvalue weighted by Crippen LogP contribution is 2.25. The quantitative estimate of drug-likeness (QED) is 0.348. The van der Waals surface area contributed by atoms with Crippen LogP contribution < -0.4 is 15.4 Å². The summed E-state index contributed by atoms with van der Waals surface area (Å²) in [7, 11) is 1.72. The Hall–Kier alpha value is -1.42. The van der Waals surface area contributed by atoms with Crippen LogP contribution in [0.5, 0.6) is 5.75 Å². The first-order valence-corrected chi connectivity index (χ1v) is 9.47. The fourth-order valence-electron chi connectivity index (χ4n) is 2.18. The van der Waals surface area contributed by atoms with E-state index >= 15 is 0 Å². The van der Waals surface area contributed by atoms with E-state index in [0.717, 1.165) is 10.7 Å². The van der Waals surface area contributed by atoms with Crippen LogP contribution in [0.25, 0.3) is 0 Å². The highest BCUT2D eigenvalue weighted by molar-refractivity contribution is 14.0. The number of ether oxygens (including phenoxy) is 1. The van der Waals surface area contributed by atoms with Crippen LogP contribution in [0, 0.1) is 5.82 Å². The number of nitrogens with zero attached hydrogens (tertiary/aromatic N) is 2. The third-order valence-electron chi connectivity index (χ3n) is 3.54. The molecule has 0 aliphatic heterocycles. The summed E-state index contributed by atoms with van der Waals surface area (Å²) in [6.45, 7) is 9.53. The van der Waals surface area contributed by atoms with E-state index < -0.39 is 0 Å². The second-order valence-corrected chi connectivity index (χ2v) is 7.94. The summed E-state index contributed by atoms with van der Waals surface area (Å²) in [6, 6.07) is 6.14. The van der Waals surface area contributed by atoms with E-state index in [0.29, 0.717) is 24.8 Å². The summed E-state index contributed by atoms with van der Waals surface area (Å²) in [6.07, 6.45) is -0.137. The van der Waals surface area contributed by atoms with Gasteiger partial charge in [-0.3, -0.25) is 4.99 Å². The van der Waals surface area contributed by atoms with Crippen molar-refractivity contribution < 1.29 is 9.13 Å². The largest absolute Gasteiger partial charge is 0.489 e. The van der Waals surface area contributed by atoms with Crippen LogP contribution in [-0.4, -0.2) is 30.6 Å². The van der Waals surface area contributed by atoms with Gasteiger partial charge in [0.1, 0.15) is 17.7 Å². The molecule has 2 rings (SSSR count). The maximum atomic E-state index is 13.2. The van der Waals surface area contributed by atoms with Crippen molar-refractivity contribution in [3.8, 4) is 5.75 Å². The molecule has 1 unspecified atom stereocenters. The van der Waals surface area contributed by atoms with E-state index in [2.05, 4.69) is 46.8 Å². The normalized spacial score (nSPS) is 12.9. The van der Waals surface area contributed by atoms with Gasteiger partial charge < -0.3 is 15.4 Å². The van der Waals surface area contributed by atoms with Crippen LogP contribution in [0.15, 0.2) is 34.6 Å². The van der Waals surface area contributed by atoms with E-state index in [-0.39, 0.29) is 41.3 Å². The van der Waals surface area contributed by atoms with E-state index in [1.165, 1.54) is 12.1 Å². The molecule has 0 radical (unpaired) electrons. The molecule has 0 aliphatic rings. The maximum absolute atomic E-state index is 13.2. The minimum absolute atomic E-state index is 0. The summed E-state index contributed by atoms with van der Waals surface area (Å²) in [5.74, 6) is 0.877. The zero-order chi connectivity index (χ0) is 19.2. The maximum Gasteiger partial charge on any atom is 0.191 e. The van der Waals surface area contributed by atoms with Crippen molar-refractivity contribution in [3.63, 3.8) is 0 Å². The molecule has 0 saturated heterocycles. The summed E-state index contributed by atoms with van der Waals surface area (Å²) in [5.41, 5.74) is 1.05. The van der Waals surface area contributed by atoms with Crippen molar-refractivity contribution in [1.82, 2.24) is 15.6 Å². The Balaban J connectivity index is 0.00000364. The van der Waals surface area contributed by atoms with Gasteiger partial charge >= 0.3 is 0 Å². The third-order valence-corrected chi connectivity index (χ3v) is 4.86. The number of benzene rings is 1. The molecule has 0 amide bonds. The van der Waals surface area contributed by atoms with Crippen molar-refractivity contribution in [3.05, 3.63) is 46.2 Å². The fourth-order valence-corrected chi connectivity index (χ4v) is 3.09. The Morgan fingerprint density at radius 2 is 2.07 bits per heavy atom. The van der Waals surface area contributed by atoms with Gasteiger partial charge in [-0.15, -0.1) is 35.3 Å². The predicted octanol–water partition coefficient (Wildman–Crippen LogP) is 4.33. The summed E-state index contributed by atoms with van der Waals surface area (Å²) in [5, 5.41) is 9.64. The minimum Gasteiger partial charge on any atom is -0.489 e. The number of rotatable bonds is 6. The van der Waals surface area contributed by atoms with Crippen LogP contribution >= 0.6 is 35.3 Å². The van der Waals surface area contributed by atoms with E-state index in [1.54, 1.807) is 30.5 Å². The van der Waals surface area contributed by atoms with Gasteiger partial charge in [-0.2, -0.15) is 0 Å². The van der Waals surface area contributed by atoms with Crippen molar-refractivity contribution >= 4 is 41.3 Å². The zero-order valence-electron chi connectivity index (χ0n) is 16.4. The topological polar surface area (TPSA) is 58.5 Å². The van der Waals surface area contributed by atoms with Gasteiger partial charge in [0.25, 0.3) is 0 Å². The van der Waals surface area contributed by atoms with E-state index in [1.807, 2.05) is 6.92 Å². The molecular formula is C19H28FIN4OS. The summed E-state index contributed by atoms with van der Waals surface area (Å²) in [4.78, 5) is 8.87. The Morgan fingerprint density at radius 3 is 2.67 bits per heavy atom. The molecule has 0 spiro atoms. The molecule has 1 heterocycles. The first kappa shape index (κ1) is 23.6. The lowest BCUT2D eigenvalue weighted by Gasteiger charge is -2.17. The predicted molar refractivity (Wildman–Crippen MR) is 121 cm³/mol. The average molecular weight is 506 g/mol. The molecule has 0 aliphatic carbocycles. The first-order chi connectivity index (χ1) is 12.3. The highest BCUT2D eigenvalue weighted by Gasteiger charge is 2.18. The van der Waals surface area contributed by atoms with Gasteiger partial charge in [-0.25, -0.2) is 9.37 Å². The lowest BCUT2D eigenvalue weighted by Crippen LogP contribution is -2.41. The van der Waals surface area contributed by atoms with E-state index in [9.17, 15) is 4.39 Å². The Labute approximate surface area is 181 Å². The number of halogens is 2. The van der Waals surface area contributed by atoms with Gasteiger partial charge in [-0.1, -0.05) is 26.8 Å². The Kier molecular flexibility index (Phi) is 9.44. The Bertz CT molecular complexity index is 745. The van der Waals surface area contributed by atoms with Crippen molar-refractivity contribution in [1.29, 1.82) is 0 Å². The minimum atomic E-state index is -0.307. The van der Waals surface area contributed by atoms with Gasteiger partial charge in [0.15, 0.2) is 5.96 Å². The van der Waals surface area contributed by atoms with Crippen molar-refractivity contribution in [2.75, 3.05) is 13.6 Å². The second-order valence-electron chi connectivity index (χ2n) is 7.09.